The van der Waals surface area contributed by atoms with E-state index in [4.69, 9.17) is 10.5 Å². The second kappa shape index (κ2) is 5.29. The molecule has 4 nitrogen and oxygen atoms in total. The van der Waals surface area contributed by atoms with Gasteiger partial charge in [0.1, 0.15) is 17.4 Å². The Balaban J connectivity index is 2.50. The lowest BCUT2D eigenvalue weighted by molar-refractivity contribution is 0.457. The third kappa shape index (κ3) is 2.69. The fourth-order valence-corrected chi connectivity index (χ4v) is 2.07. The molecule has 0 spiro atoms. The van der Waals surface area contributed by atoms with Gasteiger partial charge in [0, 0.05) is 11.4 Å². The van der Waals surface area contributed by atoms with E-state index in [0.29, 0.717) is 27.4 Å². The van der Waals surface area contributed by atoms with Crippen LogP contribution in [0.25, 0.3) is 0 Å². The minimum Gasteiger partial charge on any atom is -0.436 e. The van der Waals surface area contributed by atoms with E-state index in [1.54, 1.807) is 18.2 Å². The van der Waals surface area contributed by atoms with Gasteiger partial charge in [0.25, 0.3) is 0 Å². The van der Waals surface area contributed by atoms with Crippen LogP contribution in [0.2, 0.25) is 0 Å². The lowest BCUT2D eigenvalue weighted by Crippen LogP contribution is -1.98. The van der Waals surface area contributed by atoms with E-state index in [1.807, 2.05) is 19.9 Å². The van der Waals surface area contributed by atoms with Gasteiger partial charge in [0.2, 0.25) is 5.88 Å². The molecule has 0 radical (unpaired) electrons. The van der Waals surface area contributed by atoms with Gasteiger partial charge in [0.05, 0.1) is 4.47 Å². The van der Waals surface area contributed by atoms with Crippen molar-refractivity contribution in [3.8, 4) is 17.7 Å². The number of pyridine rings is 1. The van der Waals surface area contributed by atoms with Crippen LogP contribution < -0.4 is 10.5 Å². The predicted octanol–water partition coefficient (Wildman–Crippen LogP) is 3.71. The van der Waals surface area contributed by atoms with Crippen LogP contribution in [-0.2, 0) is 0 Å². The van der Waals surface area contributed by atoms with Gasteiger partial charge in [-0.3, -0.25) is 0 Å². The van der Waals surface area contributed by atoms with Crippen molar-refractivity contribution in [2.75, 3.05) is 5.73 Å². The highest BCUT2D eigenvalue weighted by molar-refractivity contribution is 9.10. The van der Waals surface area contributed by atoms with Crippen molar-refractivity contribution in [3.05, 3.63) is 45.6 Å². The van der Waals surface area contributed by atoms with E-state index >= 15 is 0 Å². The van der Waals surface area contributed by atoms with E-state index in [1.165, 1.54) is 0 Å². The van der Waals surface area contributed by atoms with E-state index in [-0.39, 0.29) is 0 Å². The van der Waals surface area contributed by atoms with Crippen molar-refractivity contribution < 1.29 is 4.74 Å². The number of nitriles is 1. The molecule has 19 heavy (non-hydrogen) atoms. The first-order chi connectivity index (χ1) is 9.02. The topological polar surface area (TPSA) is 71.9 Å². The molecule has 2 aromatic rings. The zero-order chi connectivity index (χ0) is 14.0. The molecule has 0 amide bonds. The molecule has 0 fully saturated rings. The highest BCUT2D eigenvalue weighted by atomic mass is 79.9. The van der Waals surface area contributed by atoms with Crippen LogP contribution in [0.5, 0.6) is 11.6 Å². The Morgan fingerprint density at radius 2 is 2.11 bits per heavy atom. The summed E-state index contributed by atoms with van der Waals surface area (Å²) in [6.45, 7) is 3.71. The lowest BCUT2D eigenvalue weighted by atomic mass is 10.1. The first kappa shape index (κ1) is 13.4. The van der Waals surface area contributed by atoms with Crippen molar-refractivity contribution in [2.24, 2.45) is 0 Å². The number of hydrogen-bond donors (Lipinski definition) is 1. The molecule has 0 bridgehead atoms. The van der Waals surface area contributed by atoms with Gasteiger partial charge in [-0.25, -0.2) is 4.98 Å². The average Bonchev–Trinajstić information content (AvgIpc) is 2.34. The second-order valence-electron chi connectivity index (χ2n) is 4.13. The zero-order valence-corrected chi connectivity index (χ0v) is 12.2. The molecular formula is C14H12BrN3O. The number of benzene rings is 1. The predicted molar refractivity (Wildman–Crippen MR) is 77.1 cm³/mol. The van der Waals surface area contributed by atoms with Crippen LogP contribution in [0.3, 0.4) is 0 Å². The molecule has 0 unspecified atom stereocenters. The van der Waals surface area contributed by atoms with Gasteiger partial charge in [-0.2, -0.15) is 5.26 Å². The number of halogens is 1. The Morgan fingerprint density at radius 1 is 1.37 bits per heavy atom. The van der Waals surface area contributed by atoms with Gasteiger partial charge in [-0.1, -0.05) is 6.07 Å². The van der Waals surface area contributed by atoms with E-state index < -0.39 is 0 Å². The third-order valence-electron chi connectivity index (χ3n) is 2.62. The van der Waals surface area contributed by atoms with Crippen LogP contribution in [0.15, 0.2) is 28.7 Å². The van der Waals surface area contributed by atoms with Crippen molar-refractivity contribution in [3.63, 3.8) is 0 Å². The van der Waals surface area contributed by atoms with Crippen LogP contribution in [0.1, 0.15) is 16.8 Å². The number of ether oxygens (including phenoxy) is 1. The molecule has 2 rings (SSSR count). The number of anilines is 1. The number of hydrogen-bond acceptors (Lipinski definition) is 4. The molecule has 0 aliphatic rings. The molecule has 0 saturated heterocycles. The molecule has 0 atom stereocenters. The molecular weight excluding hydrogens is 306 g/mol. The molecule has 5 heteroatoms. The molecule has 2 N–H and O–H groups in total. The Labute approximate surface area is 120 Å². The average molecular weight is 318 g/mol. The molecule has 0 saturated carbocycles. The summed E-state index contributed by atoms with van der Waals surface area (Å²) in [5.41, 5.74) is 8.43. The second-order valence-corrected chi connectivity index (χ2v) is 4.93. The normalized spacial score (nSPS) is 10.0. The molecule has 96 valence electrons. The SMILES string of the molecule is Cc1cc(C)c(C#N)c(Oc2cccc(N)c2Br)n1. The highest BCUT2D eigenvalue weighted by Crippen LogP contribution is 2.34. The van der Waals surface area contributed by atoms with Crippen LogP contribution in [0.4, 0.5) is 5.69 Å². The summed E-state index contributed by atoms with van der Waals surface area (Å²) in [4.78, 5) is 4.26. The first-order valence-corrected chi connectivity index (χ1v) is 6.42. The Bertz CT molecular complexity index is 677. The fourth-order valence-electron chi connectivity index (χ4n) is 1.72. The number of nitrogens with two attached hydrogens (primary N) is 1. The molecule has 1 aromatic carbocycles. The lowest BCUT2D eigenvalue weighted by Gasteiger charge is -2.11. The summed E-state index contributed by atoms with van der Waals surface area (Å²) in [5.74, 6) is 0.834. The quantitative estimate of drug-likeness (QED) is 0.857. The zero-order valence-electron chi connectivity index (χ0n) is 10.6. The Kier molecular flexibility index (Phi) is 3.72. The van der Waals surface area contributed by atoms with Crippen LogP contribution in [-0.4, -0.2) is 4.98 Å². The number of aryl methyl sites for hydroxylation is 2. The van der Waals surface area contributed by atoms with Crippen molar-refractivity contribution in [2.45, 2.75) is 13.8 Å². The van der Waals surface area contributed by atoms with Crippen molar-refractivity contribution >= 4 is 21.6 Å². The van der Waals surface area contributed by atoms with Gasteiger partial charge < -0.3 is 10.5 Å². The number of nitrogens with zero attached hydrogens (tertiary/aromatic N) is 2. The summed E-state index contributed by atoms with van der Waals surface area (Å²) in [5, 5.41) is 9.19. The van der Waals surface area contributed by atoms with E-state index in [2.05, 4.69) is 27.0 Å². The largest absolute Gasteiger partial charge is 0.436 e. The summed E-state index contributed by atoms with van der Waals surface area (Å²) in [6.07, 6.45) is 0. The third-order valence-corrected chi connectivity index (χ3v) is 3.47. The Hall–Kier alpha value is -2.06. The standard InChI is InChI=1S/C14H12BrN3O/c1-8-6-9(2)18-14(10(8)7-16)19-12-5-3-4-11(17)13(12)15/h3-6H,17H2,1-2H3. The smallest absolute Gasteiger partial charge is 0.237 e. The highest BCUT2D eigenvalue weighted by Gasteiger charge is 2.13. The van der Waals surface area contributed by atoms with Gasteiger partial charge >= 0.3 is 0 Å². The summed E-state index contributed by atoms with van der Waals surface area (Å²) in [7, 11) is 0. The molecule has 0 aliphatic carbocycles. The van der Waals surface area contributed by atoms with E-state index in [0.717, 1.165) is 11.3 Å². The summed E-state index contributed by atoms with van der Waals surface area (Å²) >= 11 is 3.36. The van der Waals surface area contributed by atoms with Crippen molar-refractivity contribution in [1.82, 2.24) is 4.98 Å². The summed E-state index contributed by atoms with van der Waals surface area (Å²) in [6, 6.07) is 9.27. The van der Waals surface area contributed by atoms with Crippen LogP contribution in [0, 0.1) is 25.2 Å². The van der Waals surface area contributed by atoms with Gasteiger partial charge in [0.15, 0.2) is 0 Å². The maximum Gasteiger partial charge on any atom is 0.237 e. The minimum atomic E-state index is 0.298. The summed E-state index contributed by atoms with van der Waals surface area (Å²) < 4.78 is 6.37. The number of aromatic nitrogens is 1. The number of nitrogen functional groups attached to an aromatic ring is 1. The maximum absolute atomic E-state index is 9.19. The van der Waals surface area contributed by atoms with Crippen LogP contribution >= 0.6 is 15.9 Å². The molecule has 1 heterocycles. The fraction of sp³-hybridized carbons (Fsp3) is 0.143. The monoisotopic (exact) mass is 317 g/mol. The first-order valence-electron chi connectivity index (χ1n) is 5.63. The number of rotatable bonds is 2. The Morgan fingerprint density at radius 3 is 2.79 bits per heavy atom. The van der Waals surface area contributed by atoms with Gasteiger partial charge in [-0.15, -0.1) is 0 Å². The minimum absolute atomic E-state index is 0.298. The molecule has 1 aromatic heterocycles. The van der Waals surface area contributed by atoms with Gasteiger partial charge in [-0.05, 0) is 53.5 Å². The maximum atomic E-state index is 9.19. The van der Waals surface area contributed by atoms with Crippen molar-refractivity contribution in [1.29, 1.82) is 5.26 Å². The molecule has 0 aliphatic heterocycles. The van der Waals surface area contributed by atoms with E-state index in [9.17, 15) is 5.26 Å².